The summed E-state index contributed by atoms with van der Waals surface area (Å²) in [6.45, 7) is 9.02. The van der Waals surface area contributed by atoms with Crippen LogP contribution in [0, 0.1) is 5.41 Å². The maximum Gasteiger partial charge on any atom is 0.251 e. The number of carbonyl (C=O) groups is 1. The molecule has 5 heteroatoms. The van der Waals surface area contributed by atoms with Crippen molar-refractivity contribution in [1.82, 2.24) is 0 Å². The number of amides is 1. The lowest BCUT2D eigenvalue weighted by atomic mass is 9.95. The molecule has 4 rings (SSSR count). The molecule has 1 aliphatic heterocycles. The molecule has 0 aliphatic carbocycles. The first-order valence-corrected chi connectivity index (χ1v) is 11.5. The van der Waals surface area contributed by atoms with Gasteiger partial charge < -0.3 is 9.64 Å². The first kappa shape index (κ1) is 21.5. The van der Waals surface area contributed by atoms with E-state index in [1.165, 1.54) is 11.3 Å². The first-order valence-electron chi connectivity index (χ1n) is 10.6. The number of morpholine rings is 1. The predicted octanol–water partition coefficient (Wildman–Crippen LogP) is 5.66. The van der Waals surface area contributed by atoms with Gasteiger partial charge in [0.25, 0.3) is 5.91 Å². The fourth-order valence-electron chi connectivity index (χ4n) is 3.43. The van der Waals surface area contributed by atoms with Gasteiger partial charge in [-0.15, -0.1) is 11.3 Å². The second-order valence-corrected chi connectivity index (χ2v) is 9.64. The molecule has 1 aliphatic rings. The minimum Gasteiger partial charge on any atom is -0.378 e. The minimum absolute atomic E-state index is 0.118. The Hall–Kier alpha value is -2.76. The normalized spacial score (nSPS) is 15.2. The molecule has 0 unspecified atom stereocenters. The van der Waals surface area contributed by atoms with E-state index in [2.05, 4.69) is 57.7 Å². The van der Waals surface area contributed by atoms with Crippen molar-refractivity contribution >= 4 is 28.6 Å². The largest absolute Gasteiger partial charge is 0.378 e. The lowest BCUT2D eigenvalue weighted by molar-refractivity contribution is -0.124. The zero-order valence-electron chi connectivity index (χ0n) is 18.3. The lowest BCUT2D eigenvalue weighted by Gasteiger charge is -2.29. The van der Waals surface area contributed by atoms with Crippen molar-refractivity contribution in [3.63, 3.8) is 0 Å². The quantitative estimate of drug-likeness (QED) is 0.500. The van der Waals surface area contributed by atoms with Crippen LogP contribution < -0.4 is 4.90 Å². The van der Waals surface area contributed by atoms with Gasteiger partial charge in [0.2, 0.25) is 0 Å². The fraction of sp³-hybridized carbons (Fsp3) is 0.308. The molecule has 1 aromatic heterocycles. The van der Waals surface area contributed by atoms with Crippen LogP contribution in [0.25, 0.3) is 10.4 Å². The number of ether oxygens (including phenoxy) is 1. The Labute approximate surface area is 188 Å². The average Bonchev–Trinajstić information content (AvgIpc) is 3.28. The number of rotatable bonds is 4. The van der Waals surface area contributed by atoms with Crippen molar-refractivity contribution in [3.05, 3.63) is 77.2 Å². The summed E-state index contributed by atoms with van der Waals surface area (Å²) in [5, 5.41) is 2.09. The Morgan fingerprint density at radius 1 is 0.968 bits per heavy atom. The molecule has 0 saturated carbocycles. The van der Waals surface area contributed by atoms with Gasteiger partial charge in [-0.3, -0.25) is 4.79 Å². The molecule has 0 bridgehead atoms. The molecule has 160 valence electrons. The molecule has 0 atom stereocenters. The zero-order chi connectivity index (χ0) is 21.8. The van der Waals surface area contributed by atoms with E-state index in [4.69, 9.17) is 4.74 Å². The zero-order valence-corrected chi connectivity index (χ0v) is 19.1. The van der Waals surface area contributed by atoms with E-state index < -0.39 is 5.41 Å². The Balaban J connectivity index is 1.69. The summed E-state index contributed by atoms with van der Waals surface area (Å²) >= 11 is 1.67. The van der Waals surface area contributed by atoms with E-state index in [0.29, 0.717) is 0 Å². The third-order valence-corrected chi connectivity index (χ3v) is 6.28. The predicted molar refractivity (Wildman–Crippen MR) is 129 cm³/mol. The summed E-state index contributed by atoms with van der Waals surface area (Å²) in [6, 6.07) is 20.8. The Morgan fingerprint density at radius 2 is 1.65 bits per heavy atom. The molecule has 0 N–H and O–H groups in total. The maximum absolute atomic E-state index is 12.8. The Kier molecular flexibility index (Phi) is 6.35. The van der Waals surface area contributed by atoms with Crippen LogP contribution in [0.1, 0.15) is 31.9 Å². The van der Waals surface area contributed by atoms with Crippen molar-refractivity contribution in [1.29, 1.82) is 0 Å². The highest BCUT2D eigenvalue weighted by molar-refractivity contribution is 7.13. The van der Waals surface area contributed by atoms with Crippen LogP contribution in [-0.4, -0.2) is 37.9 Å². The van der Waals surface area contributed by atoms with Crippen LogP contribution in [0.2, 0.25) is 0 Å². The van der Waals surface area contributed by atoms with Crippen molar-refractivity contribution in [3.8, 4) is 10.4 Å². The van der Waals surface area contributed by atoms with Gasteiger partial charge in [0.15, 0.2) is 0 Å². The molecule has 1 amide bonds. The van der Waals surface area contributed by atoms with Crippen molar-refractivity contribution < 1.29 is 9.53 Å². The number of nitrogens with zero attached hydrogens (tertiary/aromatic N) is 2. The molecule has 2 heterocycles. The van der Waals surface area contributed by atoms with Crippen LogP contribution in [0.5, 0.6) is 0 Å². The van der Waals surface area contributed by atoms with Crippen LogP contribution in [0.3, 0.4) is 0 Å². The highest BCUT2D eigenvalue weighted by Gasteiger charge is 2.23. The van der Waals surface area contributed by atoms with E-state index in [0.717, 1.165) is 48.0 Å². The van der Waals surface area contributed by atoms with Crippen LogP contribution in [0.4, 0.5) is 5.69 Å². The van der Waals surface area contributed by atoms with Gasteiger partial charge in [-0.2, -0.15) is 0 Å². The molecule has 0 spiro atoms. The fourth-order valence-corrected chi connectivity index (χ4v) is 4.33. The molecule has 1 fully saturated rings. The molecular formula is C26H28N2O2S. The van der Waals surface area contributed by atoms with E-state index in [1.807, 2.05) is 39.0 Å². The third kappa shape index (κ3) is 5.12. The standard InChI is InChI=1S/C26H28N2O2S/c1-26(2,3)25(29)27-24(21-17-23(31-18-21)19-7-5-4-6-8-19)20-9-11-22(12-10-20)28-13-15-30-16-14-28/h4-12,17-18H,13-16H2,1-3H3. The van der Waals surface area contributed by atoms with E-state index >= 15 is 0 Å². The van der Waals surface area contributed by atoms with Crippen LogP contribution in [0.15, 0.2) is 71.0 Å². The van der Waals surface area contributed by atoms with Crippen molar-refractivity contribution in [2.75, 3.05) is 31.2 Å². The smallest absolute Gasteiger partial charge is 0.251 e. The Bertz CT molecular complexity index is 1060. The lowest BCUT2D eigenvalue weighted by Crippen LogP contribution is -2.36. The number of aliphatic imine (C=N–C) groups is 1. The van der Waals surface area contributed by atoms with Gasteiger partial charge in [0, 0.05) is 45.6 Å². The second kappa shape index (κ2) is 9.16. The second-order valence-electron chi connectivity index (χ2n) is 8.73. The summed E-state index contributed by atoms with van der Waals surface area (Å²) in [4.78, 5) is 20.9. The highest BCUT2D eigenvalue weighted by atomic mass is 32.1. The van der Waals surface area contributed by atoms with Crippen molar-refractivity contribution in [2.24, 2.45) is 10.4 Å². The van der Waals surface area contributed by atoms with Crippen molar-refractivity contribution in [2.45, 2.75) is 20.8 Å². The van der Waals surface area contributed by atoms with Gasteiger partial charge in [-0.25, -0.2) is 4.99 Å². The van der Waals surface area contributed by atoms with Crippen LogP contribution in [-0.2, 0) is 9.53 Å². The maximum atomic E-state index is 12.8. The average molecular weight is 433 g/mol. The van der Waals surface area contributed by atoms with E-state index in [9.17, 15) is 4.79 Å². The molecule has 0 radical (unpaired) electrons. The molecule has 2 aromatic carbocycles. The van der Waals surface area contributed by atoms with Gasteiger partial charge in [0.05, 0.1) is 18.9 Å². The molecule has 31 heavy (non-hydrogen) atoms. The van der Waals surface area contributed by atoms with Gasteiger partial charge in [-0.1, -0.05) is 63.2 Å². The number of anilines is 1. The number of thiophene rings is 1. The van der Waals surface area contributed by atoms with Gasteiger partial charge in [0.1, 0.15) is 0 Å². The summed E-state index contributed by atoms with van der Waals surface area (Å²) in [7, 11) is 0. The van der Waals surface area contributed by atoms with E-state index in [1.54, 1.807) is 11.3 Å². The number of carbonyl (C=O) groups excluding carboxylic acids is 1. The number of benzene rings is 2. The topological polar surface area (TPSA) is 41.9 Å². The highest BCUT2D eigenvalue weighted by Crippen LogP contribution is 2.29. The number of hydrogen-bond donors (Lipinski definition) is 0. The van der Waals surface area contributed by atoms with Gasteiger partial charge >= 0.3 is 0 Å². The molecular weight excluding hydrogens is 404 g/mol. The SMILES string of the molecule is CC(C)(C)C(=O)N=C(c1ccc(N2CCOCC2)cc1)c1csc(-c2ccccc2)c1. The van der Waals surface area contributed by atoms with E-state index in [-0.39, 0.29) is 5.91 Å². The third-order valence-electron chi connectivity index (χ3n) is 5.30. The van der Waals surface area contributed by atoms with Gasteiger partial charge in [-0.05, 0) is 23.8 Å². The molecule has 1 saturated heterocycles. The number of hydrogen-bond acceptors (Lipinski definition) is 4. The summed E-state index contributed by atoms with van der Waals surface area (Å²) in [6.07, 6.45) is 0. The first-order chi connectivity index (χ1) is 14.9. The minimum atomic E-state index is -0.530. The monoisotopic (exact) mass is 432 g/mol. The Morgan fingerprint density at radius 3 is 2.29 bits per heavy atom. The van der Waals surface area contributed by atoms with Crippen LogP contribution >= 0.6 is 11.3 Å². The molecule has 4 nitrogen and oxygen atoms in total. The summed E-state index contributed by atoms with van der Waals surface area (Å²) in [5.74, 6) is -0.118. The summed E-state index contributed by atoms with van der Waals surface area (Å²) < 4.78 is 5.46. The summed E-state index contributed by atoms with van der Waals surface area (Å²) in [5.41, 5.74) is 4.46. The molecule has 3 aromatic rings.